The Hall–Kier alpha value is -1.95. The van der Waals surface area contributed by atoms with Gasteiger partial charge in [-0.3, -0.25) is 11.3 Å². The molecular weight excluding hydrogens is 388 g/mol. The molecule has 1 unspecified atom stereocenters. The number of hydrazine groups is 1. The van der Waals surface area contributed by atoms with E-state index in [1.165, 1.54) is 28.6 Å². The fourth-order valence-corrected chi connectivity index (χ4v) is 3.67. The van der Waals surface area contributed by atoms with Crippen LogP contribution in [-0.2, 0) is 6.42 Å². The number of nitrogens with zero attached hydrogens (tertiary/aromatic N) is 1. The Morgan fingerprint density at radius 1 is 1.20 bits per heavy atom. The zero-order valence-corrected chi connectivity index (χ0v) is 20.4. The first-order chi connectivity index (χ1) is 14.2. The van der Waals surface area contributed by atoms with E-state index in [-0.39, 0.29) is 0 Å². The topological polar surface area (TPSA) is 77.0 Å². The van der Waals surface area contributed by atoms with Gasteiger partial charge >= 0.3 is 0 Å². The van der Waals surface area contributed by atoms with Crippen LogP contribution in [0.5, 0.6) is 0 Å². The van der Waals surface area contributed by atoms with Crippen molar-refractivity contribution in [1.29, 1.82) is 0 Å². The van der Waals surface area contributed by atoms with E-state index < -0.39 is 0 Å². The van der Waals surface area contributed by atoms with Gasteiger partial charge in [-0.2, -0.15) is 0 Å². The van der Waals surface area contributed by atoms with Crippen molar-refractivity contribution in [2.45, 2.75) is 60.3 Å². The minimum absolute atomic E-state index is 0.432. The summed E-state index contributed by atoms with van der Waals surface area (Å²) >= 11 is 1.71. The van der Waals surface area contributed by atoms with E-state index in [1.807, 2.05) is 11.6 Å². The molecule has 4 nitrogen and oxygen atoms in total. The molecule has 2 aromatic rings. The molecule has 30 heavy (non-hydrogen) atoms. The maximum atomic E-state index is 5.29. The minimum atomic E-state index is 0.432. The molecule has 5 N–H and O–H groups in total. The smallest absolute Gasteiger partial charge is 0.0801 e. The third-order valence-electron chi connectivity index (χ3n) is 4.32. The second-order valence-electron chi connectivity index (χ2n) is 8.66. The number of rotatable bonds is 8. The van der Waals surface area contributed by atoms with Crippen molar-refractivity contribution < 1.29 is 0 Å². The quantitative estimate of drug-likeness (QED) is 0.200. The van der Waals surface area contributed by atoms with Crippen LogP contribution in [-0.4, -0.2) is 11.5 Å². The molecule has 0 amide bonds. The third-order valence-corrected chi connectivity index (χ3v) is 5.30. The molecule has 0 saturated heterocycles. The Bertz CT molecular complexity index is 699. The van der Waals surface area contributed by atoms with E-state index in [9.17, 15) is 0 Å². The van der Waals surface area contributed by atoms with Gasteiger partial charge in [-0.25, -0.2) is 4.98 Å². The van der Waals surface area contributed by atoms with Crippen molar-refractivity contribution in [2.24, 2.45) is 22.9 Å². The van der Waals surface area contributed by atoms with E-state index >= 15 is 0 Å². The van der Waals surface area contributed by atoms with Crippen molar-refractivity contribution in [1.82, 2.24) is 10.4 Å². The number of allylic oxidation sites excluding steroid dienone is 1. The van der Waals surface area contributed by atoms with E-state index in [2.05, 4.69) is 88.2 Å². The molecule has 0 aliphatic heterocycles. The van der Waals surface area contributed by atoms with Gasteiger partial charge in [-0.15, -0.1) is 17.9 Å². The van der Waals surface area contributed by atoms with E-state index in [0.717, 1.165) is 31.5 Å². The van der Waals surface area contributed by atoms with Gasteiger partial charge in [0.2, 0.25) is 0 Å². The molecule has 0 bridgehead atoms. The Kier molecular flexibility index (Phi) is 14.8. The van der Waals surface area contributed by atoms with Gasteiger partial charge in [0.1, 0.15) is 0 Å². The number of thiazole rings is 1. The summed E-state index contributed by atoms with van der Waals surface area (Å²) < 4.78 is 0. The van der Waals surface area contributed by atoms with Crippen molar-refractivity contribution in [3.05, 3.63) is 66.5 Å². The highest BCUT2D eigenvalue weighted by molar-refractivity contribution is 7.13. The largest absolute Gasteiger partial charge is 0.405 e. The highest BCUT2D eigenvalue weighted by atomic mass is 32.1. The van der Waals surface area contributed by atoms with Crippen LogP contribution in [0, 0.1) is 18.3 Å². The second kappa shape index (κ2) is 15.8. The van der Waals surface area contributed by atoms with Crippen molar-refractivity contribution >= 4 is 11.3 Å². The SMILES string of the molecule is C=CCC(C)(C)C.C=CN.Cc1ncsc1-c1ccc(CC(C)CCCNN)cc1. The summed E-state index contributed by atoms with van der Waals surface area (Å²) in [5, 5.41) is 0. The lowest BCUT2D eigenvalue weighted by Gasteiger charge is -2.13. The molecule has 0 aliphatic carbocycles. The fraction of sp³-hybridized carbons (Fsp3) is 0.480. The van der Waals surface area contributed by atoms with Crippen LogP contribution < -0.4 is 17.0 Å². The molecule has 1 heterocycles. The standard InChI is InChI=1S/C16H23N3S.C7H14.C2H5N/c1-12(4-3-9-19-17)10-14-5-7-15(8-6-14)16-13(2)18-11-20-16;1-5-6-7(2,3)4;1-2-3/h5-8,11-12,19H,3-4,9-10,17H2,1-2H3;5H,1,6H2,2-4H3;2H,1,3H2. The van der Waals surface area contributed by atoms with Crippen LogP contribution in [0.15, 0.2) is 55.2 Å². The van der Waals surface area contributed by atoms with Gasteiger partial charge in [0, 0.05) is 6.54 Å². The fourth-order valence-electron chi connectivity index (χ4n) is 2.86. The Labute approximate surface area is 188 Å². The summed E-state index contributed by atoms with van der Waals surface area (Å²) in [7, 11) is 0. The number of hydrogen-bond donors (Lipinski definition) is 3. The Morgan fingerprint density at radius 3 is 2.20 bits per heavy atom. The van der Waals surface area contributed by atoms with Gasteiger partial charge < -0.3 is 5.73 Å². The monoisotopic (exact) mass is 430 g/mol. The maximum Gasteiger partial charge on any atom is 0.0801 e. The summed E-state index contributed by atoms with van der Waals surface area (Å²) in [6.07, 6.45) is 7.79. The molecule has 2 rings (SSSR count). The van der Waals surface area contributed by atoms with E-state index in [0.29, 0.717) is 11.3 Å². The number of hydrogen-bond acceptors (Lipinski definition) is 5. The molecule has 0 spiro atoms. The normalized spacial score (nSPS) is 11.4. The van der Waals surface area contributed by atoms with Gasteiger partial charge in [-0.1, -0.05) is 64.6 Å². The van der Waals surface area contributed by atoms with Crippen LogP contribution in [0.2, 0.25) is 0 Å². The van der Waals surface area contributed by atoms with Crippen molar-refractivity contribution in [3.63, 3.8) is 0 Å². The number of nitrogens with two attached hydrogens (primary N) is 2. The summed E-state index contributed by atoms with van der Waals surface area (Å²) in [5.41, 5.74) is 13.5. The summed E-state index contributed by atoms with van der Waals surface area (Å²) in [5.74, 6) is 5.98. The molecule has 1 atom stereocenters. The molecule has 5 heteroatoms. The molecule has 1 aromatic carbocycles. The summed E-state index contributed by atoms with van der Waals surface area (Å²) in [6.45, 7) is 18.7. The Balaban J connectivity index is 0.000000706. The summed E-state index contributed by atoms with van der Waals surface area (Å²) in [4.78, 5) is 5.58. The molecule has 0 fully saturated rings. The maximum absolute atomic E-state index is 5.29. The highest BCUT2D eigenvalue weighted by Crippen LogP contribution is 2.27. The van der Waals surface area contributed by atoms with Crippen LogP contribution in [0.1, 0.15) is 58.2 Å². The van der Waals surface area contributed by atoms with Crippen molar-refractivity contribution in [2.75, 3.05) is 6.54 Å². The number of aromatic nitrogens is 1. The van der Waals surface area contributed by atoms with Gasteiger partial charge in [0.15, 0.2) is 0 Å². The summed E-state index contributed by atoms with van der Waals surface area (Å²) in [6, 6.07) is 8.91. The first-order valence-corrected chi connectivity index (χ1v) is 11.4. The lowest BCUT2D eigenvalue weighted by molar-refractivity contribution is 0.421. The first-order valence-electron chi connectivity index (χ1n) is 10.5. The van der Waals surface area contributed by atoms with Gasteiger partial charge in [0.25, 0.3) is 0 Å². The molecule has 1 aromatic heterocycles. The third kappa shape index (κ3) is 13.3. The molecule has 168 valence electrons. The van der Waals surface area contributed by atoms with Crippen LogP contribution in [0.3, 0.4) is 0 Å². The Morgan fingerprint density at radius 2 is 1.80 bits per heavy atom. The predicted molar refractivity (Wildman–Crippen MR) is 135 cm³/mol. The second-order valence-corrected chi connectivity index (χ2v) is 9.51. The van der Waals surface area contributed by atoms with Crippen LogP contribution in [0.4, 0.5) is 0 Å². The number of nitrogens with one attached hydrogen (secondary N) is 1. The number of benzene rings is 1. The zero-order valence-electron chi connectivity index (χ0n) is 19.6. The lowest BCUT2D eigenvalue weighted by atomic mass is 9.93. The first kappa shape index (κ1) is 28.1. The minimum Gasteiger partial charge on any atom is -0.405 e. The molecule has 0 aliphatic rings. The average Bonchev–Trinajstić information content (AvgIpc) is 3.09. The average molecular weight is 431 g/mol. The molecule has 0 radical (unpaired) electrons. The van der Waals surface area contributed by atoms with E-state index in [1.54, 1.807) is 11.3 Å². The van der Waals surface area contributed by atoms with Crippen LogP contribution in [0.25, 0.3) is 10.4 Å². The van der Waals surface area contributed by atoms with E-state index in [4.69, 9.17) is 5.84 Å². The lowest BCUT2D eigenvalue weighted by Crippen LogP contribution is -2.23. The number of aryl methyl sites for hydroxylation is 1. The molecule has 0 saturated carbocycles. The molecular formula is C25H42N4S. The predicted octanol–water partition coefficient (Wildman–Crippen LogP) is 6.24. The van der Waals surface area contributed by atoms with Crippen molar-refractivity contribution in [3.8, 4) is 10.4 Å². The van der Waals surface area contributed by atoms with Gasteiger partial charge in [0.05, 0.1) is 16.1 Å². The highest BCUT2D eigenvalue weighted by Gasteiger charge is 2.07. The van der Waals surface area contributed by atoms with Crippen LogP contribution >= 0.6 is 11.3 Å². The zero-order chi connectivity index (χ0) is 23.0. The van der Waals surface area contributed by atoms with Gasteiger partial charge in [-0.05, 0) is 61.3 Å².